The van der Waals surface area contributed by atoms with Gasteiger partial charge in [-0.25, -0.2) is 26.7 Å². The lowest BCUT2D eigenvalue weighted by molar-refractivity contribution is -0.121. The molecule has 0 fully saturated rings. The van der Waals surface area contributed by atoms with Crippen molar-refractivity contribution < 1.29 is 41.6 Å². The third-order valence-electron chi connectivity index (χ3n) is 3.55. The molecule has 0 saturated heterocycles. The minimum absolute atomic E-state index is 0.0360. The minimum atomic E-state index is -3.46. The molecule has 1 aromatic carbocycles. The Morgan fingerprint density at radius 2 is 2.08 bits per heavy atom. The number of aromatic carboxylic acids is 1. The summed E-state index contributed by atoms with van der Waals surface area (Å²) >= 11 is 0. The van der Waals surface area contributed by atoms with Crippen LogP contribution in [0.15, 0.2) is 6.07 Å². The van der Waals surface area contributed by atoms with Gasteiger partial charge in [0.15, 0.2) is 11.6 Å². The van der Waals surface area contributed by atoms with E-state index in [4.69, 9.17) is 9.76 Å². The minimum Gasteiger partial charge on any atom is -0.534 e. The summed E-state index contributed by atoms with van der Waals surface area (Å²) in [5.74, 6) is -6.97. The Labute approximate surface area is 147 Å². The van der Waals surface area contributed by atoms with Crippen LogP contribution in [0.4, 0.5) is 8.78 Å². The third-order valence-corrected chi connectivity index (χ3v) is 4.28. The summed E-state index contributed by atoms with van der Waals surface area (Å²) in [5.41, 5.74) is -1.08. The van der Waals surface area contributed by atoms with Crippen molar-refractivity contribution in [2.24, 2.45) is 0 Å². The molecular weight excluding hydrogens is 377 g/mol. The zero-order valence-electron chi connectivity index (χ0n) is 13.5. The first-order valence-electron chi connectivity index (χ1n) is 7.32. The highest BCUT2D eigenvalue weighted by atomic mass is 32.2. The maximum Gasteiger partial charge on any atom is 0.547 e. The van der Waals surface area contributed by atoms with E-state index < -0.39 is 57.9 Å². The van der Waals surface area contributed by atoms with Crippen LogP contribution in [0.3, 0.4) is 0 Å². The Bertz CT molecular complexity index is 849. The van der Waals surface area contributed by atoms with Crippen molar-refractivity contribution in [3.8, 4) is 5.75 Å². The van der Waals surface area contributed by atoms with Gasteiger partial charge in [0.1, 0.15) is 11.3 Å². The van der Waals surface area contributed by atoms with E-state index in [2.05, 4.69) is 10.0 Å². The molecule has 1 atom stereocenters. The lowest BCUT2D eigenvalue weighted by Gasteiger charge is -2.29. The maximum atomic E-state index is 13.7. The zero-order chi connectivity index (χ0) is 19.6. The second-order valence-electron chi connectivity index (χ2n) is 5.64. The summed E-state index contributed by atoms with van der Waals surface area (Å²) < 4.78 is 56.2. The number of nitrogens with one attached hydrogen (secondary N) is 2. The molecule has 4 N–H and O–H groups in total. The summed E-state index contributed by atoms with van der Waals surface area (Å²) in [6.45, 7) is -0.173. The van der Waals surface area contributed by atoms with Gasteiger partial charge in [0, 0.05) is 13.0 Å². The van der Waals surface area contributed by atoms with Crippen LogP contribution in [0, 0.1) is 11.6 Å². The van der Waals surface area contributed by atoms with Gasteiger partial charge in [0.2, 0.25) is 15.9 Å². The molecule has 13 heteroatoms. The van der Waals surface area contributed by atoms with Crippen molar-refractivity contribution in [3.63, 3.8) is 0 Å². The molecule has 142 valence electrons. The molecule has 1 amide bonds. The number of sulfonamides is 1. The summed E-state index contributed by atoms with van der Waals surface area (Å²) in [6, 6.07) is 0.730. The first-order chi connectivity index (χ1) is 12.0. The van der Waals surface area contributed by atoms with E-state index in [1.807, 2.05) is 0 Å². The molecule has 0 radical (unpaired) electrons. The smallest absolute Gasteiger partial charge is 0.534 e. The van der Waals surface area contributed by atoms with E-state index >= 15 is 0 Å². The molecule has 26 heavy (non-hydrogen) atoms. The lowest BCUT2D eigenvalue weighted by Crippen LogP contribution is -2.53. The number of rotatable bonds is 6. The van der Waals surface area contributed by atoms with Gasteiger partial charge in [-0.15, -0.1) is 0 Å². The molecule has 0 saturated carbocycles. The Hall–Kier alpha value is -2.25. The molecule has 1 heterocycles. The topological polar surface area (TPSA) is 142 Å². The summed E-state index contributed by atoms with van der Waals surface area (Å²) in [7, 11) is -5.16. The SMILES string of the molecule is CS(=O)(=O)NCCC(=O)N[C@H]1Cc2cc(F)c(F)c(C(=O)O)c2OB1O. The van der Waals surface area contributed by atoms with Crippen molar-refractivity contribution >= 4 is 29.0 Å². The van der Waals surface area contributed by atoms with Crippen molar-refractivity contribution in [2.45, 2.75) is 18.8 Å². The molecule has 0 aliphatic carbocycles. The molecule has 1 aliphatic heterocycles. The summed E-state index contributed by atoms with van der Waals surface area (Å²) in [5, 5.41) is 21.3. The van der Waals surface area contributed by atoms with E-state index in [-0.39, 0.29) is 24.9 Å². The molecule has 1 aliphatic rings. The number of fused-ring (bicyclic) bond motifs is 1. The number of halogens is 2. The standard InChI is InChI=1S/C13H15BF2N2O7S/c1-26(23,24)17-3-2-9(19)18-8-5-6-4-7(15)11(16)10(13(20)21)12(6)25-14(8)22/h4,8,17,22H,2-3,5H2,1H3,(H,18,19)(H,20,21)/t8-/m0/s1. The van der Waals surface area contributed by atoms with Crippen molar-refractivity contribution in [1.82, 2.24) is 10.0 Å². The Kier molecular flexibility index (Phi) is 5.83. The van der Waals surface area contributed by atoms with Gasteiger partial charge < -0.3 is 20.1 Å². The van der Waals surface area contributed by atoms with Crippen molar-refractivity contribution in [1.29, 1.82) is 0 Å². The van der Waals surface area contributed by atoms with Gasteiger partial charge in [-0.2, -0.15) is 0 Å². The number of carbonyl (C=O) groups is 2. The van der Waals surface area contributed by atoms with Crippen LogP contribution in [0.25, 0.3) is 0 Å². The number of carboxylic acid groups (broad SMARTS) is 1. The Balaban J connectivity index is 2.12. The third kappa shape index (κ3) is 4.68. The van der Waals surface area contributed by atoms with E-state index in [1.54, 1.807) is 0 Å². The summed E-state index contributed by atoms with van der Waals surface area (Å²) in [4.78, 5) is 22.9. The molecular formula is C13H15BF2N2O7S. The molecule has 2 rings (SSSR count). The second-order valence-corrected chi connectivity index (χ2v) is 7.48. The van der Waals surface area contributed by atoms with E-state index in [0.717, 1.165) is 12.3 Å². The normalized spacial score (nSPS) is 16.6. The van der Waals surface area contributed by atoms with Gasteiger partial charge in [0.05, 0.1) is 12.2 Å². The van der Waals surface area contributed by atoms with Gasteiger partial charge in [0.25, 0.3) is 0 Å². The predicted molar refractivity (Wildman–Crippen MR) is 85.0 cm³/mol. The quantitative estimate of drug-likeness (QED) is 0.457. The van der Waals surface area contributed by atoms with Gasteiger partial charge in [-0.3, -0.25) is 4.79 Å². The predicted octanol–water partition coefficient (Wildman–Crippen LogP) is -0.958. The fourth-order valence-electron chi connectivity index (χ4n) is 2.43. The van der Waals surface area contributed by atoms with Gasteiger partial charge >= 0.3 is 13.1 Å². The van der Waals surface area contributed by atoms with E-state index in [0.29, 0.717) is 0 Å². The molecule has 1 aromatic rings. The van der Waals surface area contributed by atoms with Gasteiger partial charge in [-0.05, 0) is 18.1 Å². The van der Waals surface area contributed by atoms with Crippen LogP contribution in [0.5, 0.6) is 5.75 Å². The summed E-state index contributed by atoms with van der Waals surface area (Å²) in [6.07, 6.45) is 0.481. The number of amides is 1. The zero-order valence-corrected chi connectivity index (χ0v) is 14.3. The van der Waals surface area contributed by atoms with Crippen molar-refractivity contribution in [2.75, 3.05) is 12.8 Å². The molecule has 0 spiro atoms. The number of carbonyl (C=O) groups excluding carboxylic acids is 1. The lowest BCUT2D eigenvalue weighted by atomic mass is 9.72. The van der Waals surface area contributed by atoms with Crippen LogP contribution in [-0.4, -0.2) is 56.3 Å². The van der Waals surface area contributed by atoms with Crippen LogP contribution in [0.2, 0.25) is 0 Å². The highest BCUT2D eigenvalue weighted by Gasteiger charge is 2.39. The number of benzene rings is 1. The van der Waals surface area contributed by atoms with E-state index in [1.165, 1.54) is 0 Å². The molecule has 0 bridgehead atoms. The highest BCUT2D eigenvalue weighted by molar-refractivity contribution is 7.88. The fraction of sp³-hybridized carbons (Fsp3) is 0.385. The van der Waals surface area contributed by atoms with Crippen LogP contribution < -0.4 is 14.7 Å². The van der Waals surface area contributed by atoms with Gasteiger partial charge in [-0.1, -0.05) is 0 Å². The molecule has 9 nitrogen and oxygen atoms in total. The monoisotopic (exact) mass is 392 g/mol. The Morgan fingerprint density at radius 1 is 1.42 bits per heavy atom. The Morgan fingerprint density at radius 3 is 2.65 bits per heavy atom. The molecule has 0 aromatic heterocycles. The first kappa shape index (κ1) is 20.1. The maximum absolute atomic E-state index is 13.7. The van der Waals surface area contributed by atoms with Crippen LogP contribution in [0.1, 0.15) is 22.3 Å². The van der Waals surface area contributed by atoms with Crippen LogP contribution >= 0.6 is 0 Å². The highest BCUT2D eigenvalue weighted by Crippen LogP contribution is 2.33. The van der Waals surface area contributed by atoms with Crippen LogP contribution in [-0.2, 0) is 21.2 Å². The van der Waals surface area contributed by atoms with Crippen molar-refractivity contribution in [3.05, 3.63) is 28.8 Å². The second kappa shape index (κ2) is 7.56. The average Bonchev–Trinajstić information content (AvgIpc) is 2.48. The van der Waals surface area contributed by atoms with E-state index in [9.17, 15) is 31.8 Å². The number of hydrogen-bond donors (Lipinski definition) is 4. The first-order valence-corrected chi connectivity index (χ1v) is 9.21. The largest absolute Gasteiger partial charge is 0.547 e. The number of hydrogen-bond acceptors (Lipinski definition) is 6. The fourth-order valence-corrected chi connectivity index (χ4v) is 2.90. The average molecular weight is 392 g/mol. The number of carboxylic acids is 1. The molecule has 0 unspecified atom stereocenters.